The first-order valence-electron chi connectivity index (χ1n) is 9.82. The molecule has 0 aliphatic heterocycles. The highest BCUT2D eigenvalue weighted by Gasteiger charge is 2.24. The Bertz CT molecular complexity index is 1420. The molecule has 0 aliphatic carbocycles. The van der Waals surface area contributed by atoms with Gasteiger partial charge in [-0.1, -0.05) is 5.11 Å². The fourth-order valence-electron chi connectivity index (χ4n) is 3.10. The van der Waals surface area contributed by atoms with Crippen LogP contribution in [0.2, 0.25) is 0 Å². The first kappa shape index (κ1) is 21.5. The number of Topliss-reactive ketones (excluding diaryl/α,β-unsaturated/α-hetero) is 1. The van der Waals surface area contributed by atoms with Crippen molar-refractivity contribution in [2.24, 2.45) is 10.2 Å². The van der Waals surface area contributed by atoms with Gasteiger partial charge in [0.05, 0.1) is 31.1 Å². The van der Waals surface area contributed by atoms with E-state index in [1.807, 2.05) is 0 Å². The van der Waals surface area contributed by atoms with Crippen LogP contribution in [0.3, 0.4) is 0 Å². The van der Waals surface area contributed by atoms with Crippen LogP contribution in [0.25, 0.3) is 21.7 Å². The molecular weight excluding hydrogens is 426 g/mol. The Balaban J connectivity index is 1.68. The normalized spacial score (nSPS) is 12.0. The van der Waals surface area contributed by atoms with Gasteiger partial charge in [0.25, 0.3) is 11.6 Å². The van der Waals surface area contributed by atoms with Crippen LogP contribution in [0.1, 0.15) is 27.8 Å². The van der Waals surface area contributed by atoms with Gasteiger partial charge in [-0.2, -0.15) is 0 Å². The lowest BCUT2D eigenvalue weighted by Crippen LogP contribution is -2.14. The highest BCUT2D eigenvalue weighted by Crippen LogP contribution is 2.23. The van der Waals surface area contributed by atoms with Gasteiger partial charge in [0.2, 0.25) is 0 Å². The summed E-state index contributed by atoms with van der Waals surface area (Å²) in [6, 6.07) is 11.3. The summed E-state index contributed by atoms with van der Waals surface area (Å²) in [5.74, 6) is -0.220. The van der Waals surface area contributed by atoms with Crippen LogP contribution in [-0.4, -0.2) is 51.2 Å². The number of benzene rings is 2. The molecule has 0 aliphatic rings. The third-order valence-corrected chi connectivity index (χ3v) is 4.69. The van der Waals surface area contributed by atoms with E-state index in [2.05, 4.69) is 30.3 Å². The highest BCUT2D eigenvalue weighted by molar-refractivity contribution is 6.01. The summed E-state index contributed by atoms with van der Waals surface area (Å²) in [6.45, 7) is 9.28. The van der Waals surface area contributed by atoms with Gasteiger partial charge in [0.1, 0.15) is 11.3 Å². The molecule has 1 atom stereocenters. The van der Waals surface area contributed by atoms with Crippen LogP contribution in [0.15, 0.2) is 58.9 Å². The Hall–Kier alpha value is -4.72. The lowest BCUT2D eigenvalue weighted by molar-refractivity contribution is 0.0518. The number of fused-ring (bicyclic) bond motifs is 3. The summed E-state index contributed by atoms with van der Waals surface area (Å²) in [6.07, 6.45) is 0.0195. The molecule has 1 unspecified atom stereocenters. The lowest BCUT2D eigenvalue weighted by Gasteiger charge is -2.05. The second-order valence-corrected chi connectivity index (χ2v) is 6.68. The zero-order chi connectivity index (χ0) is 23.4. The van der Waals surface area contributed by atoms with E-state index >= 15 is 0 Å². The fourth-order valence-corrected chi connectivity index (χ4v) is 3.10. The van der Waals surface area contributed by atoms with Crippen LogP contribution >= 0.6 is 0 Å². The molecule has 0 amide bonds. The van der Waals surface area contributed by atoms with Gasteiger partial charge in [0.15, 0.2) is 5.69 Å². The fraction of sp³-hybridized carbons (Fsp3) is 0.182. The van der Waals surface area contributed by atoms with E-state index in [-0.39, 0.29) is 18.1 Å². The number of rotatable bonds is 7. The maximum absolute atomic E-state index is 12.6. The lowest BCUT2D eigenvalue weighted by atomic mass is 10.1. The Morgan fingerprint density at radius 1 is 1.18 bits per heavy atom. The third-order valence-electron chi connectivity index (χ3n) is 4.69. The summed E-state index contributed by atoms with van der Waals surface area (Å²) in [5.41, 5.74) is 1.86. The van der Waals surface area contributed by atoms with E-state index < -0.39 is 17.9 Å². The van der Waals surface area contributed by atoms with Crippen molar-refractivity contribution in [1.82, 2.24) is 19.6 Å². The number of nitrogens with zero attached hydrogens (tertiary/aromatic N) is 7. The van der Waals surface area contributed by atoms with E-state index in [4.69, 9.17) is 16.0 Å². The summed E-state index contributed by atoms with van der Waals surface area (Å²) in [5, 5.41) is 16.1. The van der Waals surface area contributed by atoms with Crippen molar-refractivity contribution in [2.75, 3.05) is 13.7 Å². The predicted molar refractivity (Wildman–Crippen MR) is 116 cm³/mol. The molecule has 4 aromatic rings. The van der Waals surface area contributed by atoms with Gasteiger partial charge in [-0.25, -0.2) is 16.4 Å². The minimum Gasteiger partial charge on any atom is -0.497 e. The third kappa shape index (κ3) is 4.22. The number of carbonyl (C=O) groups excluding carboxylic acids is 2. The molecular formula is C22H17N7O4. The number of imidazole rings is 1. The number of hydrogen-bond donors (Lipinski definition) is 0. The van der Waals surface area contributed by atoms with E-state index in [0.717, 1.165) is 0 Å². The molecule has 0 bridgehead atoms. The van der Waals surface area contributed by atoms with Crippen molar-refractivity contribution in [2.45, 2.75) is 13.1 Å². The highest BCUT2D eigenvalue weighted by atomic mass is 16.5. The quantitative estimate of drug-likeness (QED) is 0.185. The van der Waals surface area contributed by atoms with Crippen molar-refractivity contribution < 1.29 is 19.1 Å². The molecule has 164 valence electrons. The average molecular weight is 443 g/mol. The topological polar surface area (TPSA) is 125 Å². The molecule has 11 heteroatoms. The van der Waals surface area contributed by atoms with Crippen molar-refractivity contribution in [3.63, 3.8) is 0 Å². The SMILES string of the molecule is [C-]#[N+]C(N=Nc1ccc2nnc3ncc(C(=O)OCC)n3c2c1)C(=O)c1ccc(OC)cc1. The van der Waals surface area contributed by atoms with E-state index in [0.29, 0.717) is 28.0 Å². The zero-order valence-electron chi connectivity index (χ0n) is 17.7. The maximum Gasteiger partial charge on any atom is 0.395 e. The number of esters is 1. The second kappa shape index (κ2) is 9.19. The van der Waals surface area contributed by atoms with Crippen molar-refractivity contribution in [3.05, 3.63) is 71.3 Å². The van der Waals surface area contributed by atoms with Gasteiger partial charge < -0.3 is 9.47 Å². The van der Waals surface area contributed by atoms with Crippen LogP contribution in [-0.2, 0) is 4.74 Å². The van der Waals surface area contributed by atoms with Crippen LogP contribution in [0.4, 0.5) is 5.69 Å². The Morgan fingerprint density at radius 3 is 2.67 bits per heavy atom. The molecule has 2 heterocycles. The van der Waals surface area contributed by atoms with E-state index in [1.54, 1.807) is 49.4 Å². The first-order valence-corrected chi connectivity index (χ1v) is 9.82. The van der Waals surface area contributed by atoms with E-state index in [1.165, 1.54) is 17.7 Å². The molecule has 0 saturated heterocycles. The molecule has 0 spiro atoms. The zero-order valence-corrected chi connectivity index (χ0v) is 17.7. The first-order chi connectivity index (χ1) is 16.0. The molecule has 4 rings (SSSR count). The largest absolute Gasteiger partial charge is 0.497 e. The van der Waals surface area contributed by atoms with Crippen LogP contribution < -0.4 is 4.74 Å². The summed E-state index contributed by atoms with van der Waals surface area (Å²) in [7, 11) is 1.52. The number of ether oxygens (including phenoxy) is 2. The maximum atomic E-state index is 12.6. The Labute approximate surface area is 187 Å². The Morgan fingerprint density at radius 2 is 1.97 bits per heavy atom. The second-order valence-electron chi connectivity index (χ2n) is 6.68. The number of azo groups is 1. The van der Waals surface area contributed by atoms with Gasteiger partial charge in [-0.05, 0) is 49.4 Å². The number of carbonyl (C=O) groups is 2. The van der Waals surface area contributed by atoms with Crippen molar-refractivity contribution in [1.29, 1.82) is 0 Å². The molecule has 11 nitrogen and oxygen atoms in total. The molecule has 0 N–H and O–H groups in total. The number of hydrogen-bond acceptors (Lipinski definition) is 9. The summed E-state index contributed by atoms with van der Waals surface area (Å²) >= 11 is 0. The van der Waals surface area contributed by atoms with Crippen LogP contribution in [0, 0.1) is 6.57 Å². The standard InChI is InChI=1S/C22H17N7O4/c1-4-33-21(31)18-12-24-22-28-26-16-10-7-14(11-17(16)29(18)22)25-27-20(23-2)19(30)13-5-8-15(32-3)9-6-13/h5-12,20H,4H2,1,3H3. The minimum atomic E-state index is -1.34. The molecule has 0 saturated carbocycles. The molecule has 0 fully saturated rings. The Kier molecular flexibility index (Phi) is 5.99. The van der Waals surface area contributed by atoms with Gasteiger partial charge in [0, 0.05) is 5.56 Å². The average Bonchev–Trinajstić information content (AvgIpc) is 3.29. The van der Waals surface area contributed by atoms with Gasteiger partial charge in [-0.3, -0.25) is 14.0 Å². The monoisotopic (exact) mass is 443 g/mol. The number of methoxy groups -OCH3 is 1. The predicted octanol–water partition coefficient (Wildman–Crippen LogP) is 3.67. The summed E-state index contributed by atoms with van der Waals surface area (Å²) < 4.78 is 11.7. The van der Waals surface area contributed by atoms with Crippen molar-refractivity contribution >= 4 is 34.3 Å². The molecule has 33 heavy (non-hydrogen) atoms. The number of aromatic nitrogens is 4. The van der Waals surface area contributed by atoms with Crippen molar-refractivity contribution in [3.8, 4) is 5.75 Å². The molecule has 2 aromatic carbocycles. The summed E-state index contributed by atoms with van der Waals surface area (Å²) in [4.78, 5) is 32.3. The van der Waals surface area contributed by atoms with E-state index in [9.17, 15) is 9.59 Å². The molecule has 2 aromatic heterocycles. The van der Waals surface area contributed by atoms with Gasteiger partial charge in [-0.15, -0.1) is 15.3 Å². The van der Waals surface area contributed by atoms with Crippen LogP contribution in [0.5, 0.6) is 5.75 Å². The molecule has 0 radical (unpaired) electrons. The number of ketones is 1. The minimum absolute atomic E-state index is 0.189. The van der Waals surface area contributed by atoms with Gasteiger partial charge >= 0.3 is 12.1 Å². The smallest absolute Gasteiger partial charge is 0.395 e.